The van der Waals surface area contributed by atoms with Gasteiger partial charge < -0.3 is 19.5 Å². The maximum atomic E-state index is 11.2. The molecule has 1 aliphatic rings. The van der Waals surface area contributed by atoms with Crippen molar-refractivity contribution in [1.82, 2.24) is 9.88 Å². The fraction of sp³-hybridized carbons (Fsp3) is 0.538. The van der Waals surface area contributed by atoms with Crippen molar-refractivity contribution in [3.8, 4) is 11.6 Å². The molecule has 110 valence electrons. The van der Waals surface area contributed by atoms with Gasteiger partial charge in [-0.3, -0.25) is 0 Å². The third-order valence-electron chi connectivity index (χ3n) is 3.39. The summed E-state index contributed by atoms with van der Waals surface area (Å²) in [6, 6.07) is 1.86. The van der Waals surface area contributed by atoms with E-state index in [-0.39, 0.29) is 12.1 Å². The molecule has 1 fully saturated rings. The van der Waals surface area contributed by atoms with E-state index in [0.717, 1.165) is 16.4 Å². The third kappa shape index (κ3) is 3.25. The molecule has 2 heterocycles. The molecule has 2 atom stereocenters. The van der Waals surface area contributed by atoms with Crippen molar-refractivity contribution in [2.75, 3.05) is 13.7 Å². The molecule has 0 aromatic carbocycles. The highest BCUT2D eigenvalue weighted by Crippen LogP contribution is 2.31. The van der Waals surface area contributed by atoms with Gasteiger partial charge in [0.2, 0.25) is 0 Å². The standard InChI is InChI=1S/C13H17IN2O4/c1-8-3-4-9(7-16(8)13(17)18)20-12-11(19-2)10(14)5-6-15-12/h5-6,8-9H,3-4,7H2,1-2H3,(H,17,18)/t8-,9-/m1/s1. The van der Waals surface area contributed by atoms with E-state index >= 15 is 0 Å². The summed E-state index contributed by atoms with van der Waals surface area (Å²) in [5, 5.41) is 9.17. The number of halogens is 1. The molecule has 1 N–H and O–H groups in total. The highest BCUT2D eigenvalue weighted by atomic mass is 127. The van der Waals surface area contributed by atoms with E-state index in [4.69, 9.17) is 14.6 Å². The van der Waals surface area contributed by atoms with Crippen molar-refractivity contribution in [2.45, 2.75) is 31.9 Å². The van der Waals surface area contributed by atoms with E-state index in [1.165, 1.54) is 4.90 Å². The van der Waals surface area contributed by atoms with Gasteiger partial charge in [0.25, 0.3) is 5.88 Å². The van der Waals surface area contributed by atoms with Crippen LogP contribution in [0, 0.1) is 3.57 Å². The van der Waals surface area contributed by atoms with Gasteiger partial charge >= 0.3 is 6.09 Å². The highest BCUT2D eigenvalue weighted by molar-refractivity contribution is 14.1. The predicted octanol–water partition coefficient (Wildman–Crippen LogP) is 2.60. The lowest BCUT2D eigenvalue weighted by Gasteiger charge is -2.35. The zero-order chi connectivity index (χ0) is 14.7. The molecule has 1 saturated heterocycles. The maximum Gasteiger partial charge on any atom is 0.407 e. The number of ether oxygens (including phenoxy) is 2. The number of amides is 1. The third-order valence-corrected chi connectivity index (χ3v) is 4.24. The van der Waals surface area contributed by atoms with Crippen molar-refractivity contribution < 1.29 is 19.4 Å². The van der Waals surface area contributed by atoms with Gasteiger partial charge in [0.05, 0.1) is 17.2 Å². The Morgan fingerprint density at radius 2 is 2.30 bits per heavy atom. The summed E-state index contributed by atoms with van der Waals surface area (Å²) in [4.78, 5) is 16.8. The number of pyridine rings is 1. The minimum Gasteiger partial charge on any atom is -0.490 e. The van der Waals surface area contributed by atoms with Crippen LogP contribution in [0.25, 0.3) is 0 Å². The van der Waals surface area contributed by atoms with Crippen molar-refractivity contribution in [1.29, 1.82) is 0 Å². The Morgan fingerprint density at radius 1 is 1.55 bits per heavy atom. The number of carbonyl (C=O) groups is 1. The first-order valence-electron chi connectivity index (χ1n) is 6.37. The van der Waals surface area contributed by atoms with Crippen molar-refractivity contribution in [3.63, 3.8) is 0 Å². The molecule has 1 aromatic heterocycles. The lowest BCUT2D eigenvalue weighted by molar-refractivity contribution is 0.0506. The number of likely N-dealkylation sites (tertiary alicyclic amines) is 1. The van der Waals surface area contributed by atoms with Crippen LogP contribution in [0.3, 0.4) is 0 Å². The van der Waals surface area contributed by atoms with Gasteiger partial charge in [-0.25, -0.2) is 9.78 Å². The van der Waals surface area contributed by atoms with Crippen LogP contribution in [-0.4, -0.2) is 46.9 Å². The molecule has 6 nitrogen and oxygen atoms in total. The number of rotatable bonds is 3. The molecule has 20 heavy (non-hydrogen) atoms. The number of hydrogen-bond donors (Lipinski definition) is 1. The fourth-order valence-electron chi connectivity index (χ4n) is 2.27. The van der Waals surface area contributed by atoms with Gasteiger partial charge in [-0.2, -0.15) is 0 Å². The molecule has 0 bridgehead atoms. The Kier molecular flexibility index (Phi) is 4.90. The average Bonchev–Trinajstić information content (AvgIpc) is 2.41. The minimum atomic E-state index is -0.909. The Hall–Kier alpha value is -1.25. The van der Waals surface area contributed by atoms with Crippen LogP contribution < -0.4 is 9.47 Å². The van der Waals surface area contributed by atoms with Crippen LogP contribution >= 0.6 is 22.6 Å². The number of nitrogens with zero attached hydrogens (tertiary/aromatic N) is 2. The van der Waals surface area contributed by atoms with Crippen molar-refractivity contribution in [2.24, 2.45) is 0 Å². The van der Waals surface area contributed by atoms with Gasteiger partial charge in [-0.1, -0.05) is 0 Å². The van der Waals surface area contributed by atoms with Crippen LogP contribution in [0.15, 0.2) is 12.3 Å². The molecule has 7 heteroatoms. The summed E-state index contributed by atoms with van der Waals surface area (Å²) in [5.41, 5.74) is 0. The van der Waals surface area contributed by atoms with E-state index in [9.17, 15) is 4.79 Å². The van der Waals surface area contributed by atoms with Crippen LogP contribution in [0.2, 0.25) is 0 Å². The molecule has 0 spiro atoms. The van der Waals surface area contributed by atoms with Crippen LogP contribution in [0.1, 0.15) is 19.8 Å². The second kappa shape index (κ2) is 6.47. The number of piperidine rings is 1. The summed E-state index contributed by atoms with van der Waals surface area (Å²) < 4.78 is 12.0. The number of aromatic nitrogens is 1. The highest BCUT2D eigenvalue weighted by Gasteiger charge is 2.30. The fourth-order valence-corrected chi connectivity index (χ4v) is 2.88. The molecule has 0 radical (unpaired) electrons. The topological polar surface area (TPSA) is 71.9 Å². The zero-order valence-electron chi connectivity index (χ0n) is 11.4. The van der Waals surface area contributed by atoms with E-state index in [2.05, 4.69) is 27.6 Å². The second-order valence-corrected chi connectivity index (χ2v) is 5.89. The molecule has 2 rings (SSSR count). The molecule has 1 aliphatic heterocycles. The molecular formula is C13H17IN2O4. The first-order valence-corrected chi connectivity index (χ1v) is 7.45. The first-order chi connectivity index (χ1) is 9.52. The molecular weight excluding hydrogens is 375 g/mol. The summed E-state index contributed by atoms with van der Waals surface area (Å²) in [5.74, 6) is 1.01. The van der Waals surface area contributed by atoms with E-state index < -0.39 is 6.09 Å². The summed E-state index contributed by atoms with van der Waals surface area (Å²) in [6.07, 6.45) is 2.14. The van der Waals surface area contributed by atoms with Crippen molar-refractivity contribution >= 4 is 28.7 Å². The Bertz CT molecular complexity index is 497. The smallest absolute Gasteiger partial charge is 0.407 e. The van der Waals surface area contributed by atoms with Crippen LogP contribution in [0.5, 0.6) is 11.6 Å². The van der Waals surface area contributed by atoms with E-state index in [0.29, 0.717) is 18.2 Å². The molecule has 0 unspecified atom stereocenters. The predicted molar refractivity (Wildman–Crippen MR) is 81.3 cm³/mol. The van der Waals surface area contributed by atoms with Crippen LogP contribution in [-0.2, 0) is 0 Å². The lowest BCUT2D eigenvalue weighted by Crippen LogP contribution is -2.48. The first kappa shape index (κ1) is 15.1. The minimum absolute atomic E-state index is 0.0260. The van der Waals surface area contributed by atoms with Gasteiger partial charge in [-0.15, -0.1) is 0 Å². The SMILES string of the molecule is COc1c(I)ccnc1O[C@@H]1CC[C@@H](C)N(C(=O)O)C1. The summed E-state index contributed by atoms with van der Waals surface area (Å²) >= 11 is 2.15. The van der Waals surface area contributed by atoms with Gasteiger partial charge in [0.1, 0.15) is 6.10 Å². The number of methoxy groups -OCH3 is 1. The zero-order valence-corrected chi connectivity index (χ0v) is 13.5. The normalized spacial score (nSPS) is 22.4. The Balaban J connectivity index is 2.11. The van der Waals surface area contributed by atoms with Crippen molar-refractivity contribution in [3.05, 3.63) is 15.8 Å². The van der Waals surface area contributed by atoms with Gasteiger partial charge in [0, 0.05) is 12.2 Å². The Labute approximate surface area is 131 Å². The van der Waals surface area contributed by atoms with Crippen LogP contribution in [0.4, 0.5) is 4.79 Å². The second-order valence-electron chi connectivity index (χ2n) is 4.73. The summed E-state index contributed by atoms with van der Waals surface area (Å²) in [6.45, 7) is 2.27. The molecule has 1 amide bonds. The van der Waals surface area contributed by atoms with Gasteiger partial charge in [0.15, 0.2) is 5.75 Å². The van der Waals surface area contributed by atoms with E-state index in [1.807, 2.05) is 13.0 Å². The maximum absolute atomic E-state index is 11.2. The van der Waals surface area contributed by atoms with E-state index in [1.54, 1.807) is 13.3 Å². The summed E-state index contributed by atoms with van der Waals surface area (Å²) in [7, 11) is 1.57. The largest absolute Gasteiger partial charge is 0.490 e. The quantitative estimate of drug-likeness (QED) is 0.801. The lowest BCUT2D eigenvalue weighted by atomic mass is 10.0. The number of carboxylic acid groups (broad SMARTS) is 1. The monoisotopic (exact) mass is 392 g/mol. The molecule has 1 aromatic rings. The Morgan fingerprint density at radius 3 is 2.95 bits per heavy atom. The molecule has 0 aliphatic carbocycles. The number of hydrogen-bond acceptors (Lipinski definition) is 4. The average molecular weight is 392 g/mol. The van der Waals surface area contributed by atoms with Gasteiger partial charge in [-0.05, 0) is 48.4 Å². The molecule has 0 saturated carbocycles.